The van der Waals surface area contributed by atoms with Crippen molar-refractivity contribution < 1.29 is 0 Å². The number of aromatic nitrogens is 3. The molecule has 3 heteroatoms. The molecule has 0 unspecified atom stereocenters. The lowest BCUT2D eigenvalue weighted by molar-refractivity contribution is 0.674. The van der Waals surface area contributed by atoms with Gasteiger partial charge in [-0.2, -0.15) is 4.68 Å². The normalized spacial score (nSPS) is 10.3. The molecule has 0 aliphatic carbocycles. The summed E-state index contributed by atoms with van der Waals surface area (Å²) in [5.74, 6) is 3.68. The van der Waals surface area contributed by atoms with Gasteiger partial charge in [-0.1, -0.05) is 37.1 Å². The molecule has 0 N–H and O–H groups in total. The minimum atomic E-state index is 0.590. The first-order valence-corrected chi connectivity index (χ1v) is 5.06. The fraction of sp³-hybridized carbons (Fsp3) is 0.333. The second-order valence-electron chi connectivity index (χ2n) is 3.88. The second-order valence-corrected chi connectivity index (χ2v) is 3.88. The number of hydrogen-bond acceptors (Lipinski definition) is 2. The summed E-state index contributed by atoms with van der Waals surface area (Å²) in [6, 6.07) is 10.8. The highest BCUT2D eigenvalue weighted by Crippen LogP contribution is 2.08. The Morgan fingerprint density at radius 2 is 2.13 bits per heavy atom. The SMILES string of the molecule is CC(C)CC#Cn1nnc2ccccc21. The molecule has 15 heavy (non-hydrogen) atoms. The van der Waals surface area contributed by atoms with Gasteiger partial charge in [0.15, 0.2) is 0 Å². The molecule has 0 spiro atoms. The van der Waals surface area contributed by atoms with Crippen LogP contribution < -0.4 is 0 Å². The van der Waals surface area contributed by atoms with E-state index in [1.165, 1.54) is 0 Å². The van der Waals surface area contributed by atoms with Crippen molar-refractivity contribution in [2.75, 3.05) is 0 Å². The Kier molecular flexibility index (Phi) is 2.68. The lowest BCUT2D eigenvalue weighted by Crippen LogP contribution is -1.91. The number of benzene rings is 1. The maximum atomic E-state index is 4.03. The molecular formula is C12H13N3. The van der Waals surface area contributed by atoms with Crippen LogP contribution in [0.4, 0.5) is 0 Å². The molecule has 0 atom stereocenters. The zero-order valence-electron chi connectivity index (χ0n) is 8.94. The van der Waals surface area contributed by atoms with E-state index in [1.807, 2.05) is 24.3 Å². The molecule has 0 saturated heterocycles. The van der Waals surface area contributed by atoms with Crippen molar-refractivity contribution in [1.29, 1.82) is 0 Å². The monoisotopic (exact) mass is 199 g/mol. The maximum Gasteiger partial charge on any atom is 0.114 e. The fourth-order valence-corrected chi connectivity index (χ4v) is 1.28. The molecule has 76 valence electrons. The van der Waals surface area contributed by atoms with E-state index in [0.29, 0.717) is 5.92 Å². The highest BCUT2D eigenvalue weighted by atomic mass is 15.4. The standard InChI is InChI=1S/C12H13N3/c1-10(2)6-5-9-15-12-8-4-3-7-11(12)13-14-15/h3-4,7-8,10H,6H2,1-2H3. The van der Waals surface area contributed by atoms with Gasteiger partial charge in [-0.15, -0.1) is 5.10 Å². The molecule has 3 nitrogen and oxygen atoms in total. The lowest BCUT2D eigenvalue weighted by atomic mass is 10.1. The molecule has 0 radical (unpaired) electrons. The van der Waals surface area contributed by atoms with Crippen LogP contribution in [-0.4, -0.2) is 15.0 Å². The Morgan fingerprint density at radius 3 is 2.93 bits per heavy atom. The molecule has 1 heterocycles. The zero-order chi connectivity index (χ0) is 10.7. The zero-order valence-corrected chi connectivity index (χ0v) is 8.94. The molecule has 2 aromatic rings. The molecule has 0 fully saturated rings. The molecular weight excluding hydrogens is 186 g/mol. The summed E-state index contributed by atoms with van der Waals surface area (Å²) in [5.41, 5.74) is 1.85. The van der Waals surface area contributed by atoms with Gasteiger partial charge in [0.2, 0.25) is 0 Å². The van der Waals surface area contributed by atoms with Gasteiger partial charge in [-0.25, -0.2) is 0 Å². The summed E-state index contributed by atoms with van der Waals surface area (Å²) < 4.78 is 1.64. The van der Waals surface area contributed by atoms with Crippen molar-refractivity contribution in [3.05, 3.63) is 24.3 Å². The van der Waals surface area contributed by atoms with Crippen LogP contribution in [-0.2, 0) is 0 Å². The van der Waals surface area contributed by atoms with E-state index in [9.17, 15) is 0 Å². The molecule has 2 rings (SSSR count). The average molecular weight is 199 g/mol. The number of rotatable bonds is 1. The highest BCUT2D eigenvalue weighted by Gasteiger charge is 1.99. The predicted octanol–water partition coefficient (Wildman–Crippen LogP) is 2.29. The van der Waals surface area contributed by atoms with Crippen LogP contribution in [0.3, 0.4) is 0 Å². The van der Waals surface area contributed by atoms with Crippen LogP contribution in [0, 0.1) is 17.9 Å². The Morgan fingerprint density at radius 1 is 1.33 bits per heavy atom. The first-order chi connectivity index (χ1) is 7.27. The van der Waals surface area contributed by atoms with Gasteiger partial charge < -0.3 is 0 Å². The van der Waals surface area contributed by atoms with Gasteiger partial charge >= 0.3 is 0 Å². The van der Waals surface area contributed by atoms with Crippen molar-refractivity contribution in [2.45, 2.75) is 20.3 Å². The average Bonchev–Trinajstić information content (AvgIpc) is 2.62. The summed E-state index contributed by atoms with van der Waals surface area (Å²) in [7, 11) is 0. The lowest BCUT2D eigenvalue weighted by Gasteiger charge is -1.93. The summed E-state index contributed by atoms with van der Waals surface area (Å²) >= 11 is 0. The Hall–Kier alpha value is -1.82. The second kappa shape index (κ2) is 4.14. The third-order valence-electron chi connectivity index (χ3n) is 2.05. The number of nitrogens with zero attached hydrogens (tertiary/aromatic N) is 3. The summed E-state index contributed by atoms with van der Waals surface area (Å²) in [4.78, 5) is 0. The molecule has 1 aromatic carbocycles. The van der Waals surface area contributed by atoms with E-state index in [0.717, 1.165) is 17.5 Å². The highest BCUT2D eigenvalue weighted by molar-refractivity contribution is 5.74. The third kappa shape index (κ3) is 2.16. The van der Waals surface area contributed by atoms with Crippen LogP contribution in [0.25, 0.3) is 11.0 Å². The Bertz CT molecular complexity index is 514. The van der Waals surface area contributed by atoms with Crippen molar-refractivity contribution in [2.24, 2.45) is 5.92 Å². The van der Waals surface area contributed by atoms with E-state index < -0.39 is 0 Å². The minimum Gasteiger partial charge on any atom is -0.169 e. The van der Waals surface area contributed by atoms with Crippen LogP contribution >= 0.6 is 0 Å². The predicted molar refractivity (Wildman–Crippen MR) is 60.2 cm³/mol. The van der Waals surface area contributed by atoms with Crippen molar-refractivity contribution in [3.8, 4) is 12.0 Å². The summed E-state index contributed by atoms with van der Waals surface area (Å²) in [6.07, 6.45) is 0.883. The van der Waals surface area contributed by atoms with Crippen molar-refractivity contribution in [3.63, 3.8) is 0 Å². The number of fused-ring (bicyclic) bond motifs is 1. The number of hydrogen-bond donors (Lipinski definition) is 0. The molecule has 0 aliphatic rings. The first-order valence-electron chi connectivity index (χ1n) is 5.06. The van der Waals surface area contributed by atoms with Crippen LogP contribution in [0.2, 0.25) is 0 Å². The first kappa shape index (κ1) is 9.72. The van der Waals surface area contributed by atoms with E-state index in [1.54, 1.807) is 4.68 Å². The van der Waals surface area contributed by atoms with E-state index in [-0.39, 0.29) is 0 Å². The number of para-hydroxylation sites is 1. The van der Waals surface area contributed by atoms with Gasteiger partial charge in [0.25, 0.3) is 0 Å². The molecule has 0 bridgehead atoms. The van der Waals surface area contributed by atoms with Crippen LogP contribution in [0.1, 0.15) is 20.3 Å². The largest absolute Gasteiger partial charge is 0.169 e. The van der Waals surface area contributed by atoms with Gasteiger partial charge in [0.1, 0.15) is 11.0 Å². The van der Waals surface area contributed by atoms with E-state index in [4.69, 9.17) is 0 Å². The fourth-order valence-electron chi connectivity index (χ4n) is 1.28. The third-order valence-corrected chi connectivity index (χ3v) is 2.05. The Labute approximate surface area is 89.1 Å². The summed E-state index contributed by atoms with van der Waals surface area (Å²) in [5, 5.41) is 8.01. The molecule has 0 aliphatic heterocycles. The topological polar surface area (TPSA) is 30.7 Å². The molecule has 1 aromatic heterocycles. The van der Waals surface area contributed by atoms with Gasteiger partial charge in [-0.3, -0.25) is 0 Å². The van der Waals surface area contributed by atoms with Gasteiger partial charge in [-0.05, 0) is 18.1 Å². The quantitative estimate of drug-likeness (QED) is 0.660. The van der Waals surface area contributed by atoms with Crippen molar-refractivity contribution >= 4 is 11.0 Å². The van der Waals surface area contributed by atoms with E-state index >= 15 is 0 Å². The molecule has 0 amide bonds. The maximum absolute atomic E-state index is 4.03. The van der Waals surface area contributed by atoms with Crippen LogP contribution in [0.15, 0.2) is 24.3 Å². The summed E-state index contributed by atoms with van der Waals surface area (Å²) in [6.45, 7) is 4.29. The van der Waals surface area contributed by atoms with E-state index in [2.05, 4.69) is 36.1 Å². The van der Waals surface area contributed by atoms with Gasteiger partial charge in [0, 0.05) is 12.5 Å². The Balaban J connectivity index is 2.31. The minimum absolute atomic E-state index is 0.590. The van der Waals surface area contributed by atoms with Crippen LogP contribution in [0.5, 0.6) is 0 Å². The molecule has 0 saturated carbocycles. The van der Waals surface area contributed by atoms with Crippen molar-refractivity contribution in [1.82, 2.24) is 15.0 Å². The smallest absolute Gasteiger partial charge is 0.114 e. The van der Waals surface area contributed by atoms with Gasteiger partial charge in [0.05, 0.1) is 0 Å².